The lowest BCUT2D eigenvalue weighted by atomic mass is 9.78. The van der Waals surface area contributed by atoms with Crippen LogP contribution in [0, 0.1) is 17.6 Å². The van der Waals surface area contributed by atoms with Crippen LogP contribution in [0.2, 0.25) is 0 Å². The van der Waals surface area contributed by atoms with E-state index in [9.17, 15) is 13.6 Å². The van der Waals surface area contributed by atoms with Crippen molar-refractivity contribution in [1.29, 1.82) is 0 Å². The van der Waals surface area contributed by atoms with Gasteiger partial charge in [-0.1, -0.05) is 30.4 Å². The molecule has 0 aliphatic heterocycles. The smallest absolute Gasteiger partial charge is 0.343 e. The van der Waals surface area contributed by atoms with E-state index in [0.29, 0.717) is 33.9 Å². The first kappa shape index (κ1) is 20.3. The molecule has 0 amide bonds. The molecule has 1 aliphatic carbocycles. The molecule has 1 fully saturated rings. The first-order chi connectivity index (χ1) is 14.5. The second kappa shape index (κ2) is 8.78. The van der Waals surface area contributed by atoms with Crippen LogP contribution in [0.1, 0.15) is 54.4 Å². The van der Waals surface area contributed by atoms with E-state index in [1.165, 1.54) is 24.5 Å². The summed E-state index contributed by atoms with van der Waals surface area (Å²) in [6, 6.07) is 14.6. The third-order valence-corrected chi connectivity index (χ3v) is 5.92. The van der Waals surface area contributed by atoms with Gasteiger partial charge in [-0.25, -0.2) is 13.6 Å². The fourth-order valence-corrected chi connectivity index (χ4v) is 4.26. The quantitative estimate of drug-likeness (QED) is 0.260. The molecule has 0 heterocycles. The molecule has 30 heavy (non-hydrogen) atoms. The first-order valence-electron chi connectivity index (χ1n) is 10.4. The zero-order valence-corrected chi connectivity index (χ0v) is 16.9. The zero-order valence-electron chi connectivity index (χ0n) is 16.9. The SMILES string of the molecule is C/C=C/C1CCC(c2ccc(C(=O)Oc3ccc4cc(F)c(F)cc4c3)cc2)CC1. The maximum absolute atomic E-state index is 13.5. The summed E-state index contributed by atoms with van der Waals surface area (Å²) in [5.41, 5.74) is 1.72. The van der Waals surface area contributed by atoms with Crippen molar-refractivity contribution in [3.63, 3.8) is 0 Å². The Bertz CT molecular complexity index is 1080. The number of allylic oxidation sites excluding steroid dienone is 2. The lowest BCUT2D eigenvalue weighted by molar-refractivity contribution is 0.0735. The van der Waals surface area contributed by atoms with Crippen LogP contribution in [-0.4, -0.2) is 5.97 Å². The number of ether oxygens (including phenoxy) is 1. The molecular formula is C26H24F2O2. The van der Waals surface area contributed by atoms with Gasteiger partial charge in [0, 0.05) is 0 Å². The van der Waals surface area contributed by atoms with E-state index < -0.39 is 17.6 Å². The summed E-state index contributed by atoms with van der Waals surface area (Å²) < 4.78 is 32.3. The number of halogens is 2. The highest BCUT2D eigenvalue weighted by Gasteiger charge is 2.21. The summed E-state index contributed by atoms with van der Waals surface area (Å²) in [5, 5.41) is 1.02. The number of hydrogen-bond acceptors (Lipinski definition) is 2. The molecule has 154 valence electrons. The lowest BCUT2D eigenvalue weighted by Crippen LogP contribution is -2.12. The Morgan fingerprint density at radius 2 is 1.57 bits per heavy atom. The molecule has 0 unspecified atom stereocenters. The Kier molecular flexibility index (Phi) is 5.93. The normalized spacial score (nSPS) is 19.3. The number of fused-ring (bicyclic) bond motifs is 1. The molecule has 0 N–H and O–H groups in total. The summed E-state index contributed by atoms with van der Waals surface area (Å²) >= 11 is 0. The summed E-state index contributed by atoms with van der Waals surface area (Å²) in [5.74, 6) is -0.783. The summed E-state index contributed by atoms with van der Waals surface area (Å²) in [7, 11) is 0. The molecule has 1 saturated carbocycles. The topological polar surface area (TPSA) is 26.3 Å². The van der Waals surface area contributed by atoms with Crippen LogP contribution in [0.25, 0.3) is 10.8 Å². The van der Waals surface area contributed by atoms with Crippen LogP contribution in [0.15, 0.2) is 66.7 Å². The van der Waals surface area contributed by atoms with Crippen LogP contribution in [0.5, 0.6) is 5.75 Å². The van der Waals surface area contributed by atoms with E-state index in [1.807, 2.05) is 12.1 Å². The van der Waals surface area contributed by atoms with Crippen LogP contribution in [0.3, 0.4) is 0 Å². The Morgan fingerprint density at radius 3 is 2.23 bits per heavy atom. The van der Waals surface area contributed by atoms with Gasteiger partial charge >= 0.3 is 5.97 Å². The molecule has 0 spiro atoms. The van der Waals surface area contributed by atoms with Crippen molar-refractivity contribution >= 4 is 16.7 Å². The molecule has 0 bridgehead atoms. The highest BCUT2D eigenvalue weighted by Crippen LogP contribution is 2.36. The van der Waals surface area contributed by atoms with Crippen molar-refractivity contribution in [1.82, 2.24) is 0 Å². The minimum absolute atomic E-state index is 0.296. The zero-order chi connectivity index (χ0) is 21.1. The minimum Gasteiger partial charge on any atom is -0.423 e. The van der Waals surface area contributed by atoms with E-state index in [1.54, 1.807) is 24.3 Å². The molecule has 1 aliphatic rings. The lowest BCUT2D eigenvalue weighted by Gasteiger charge is -2.27. The van der Waals surface area contributed by atoms with Gasteiger partial charge in [0.1, 0.15) is 5.75 Å². The average Bonchev–Trinajstić information content (AvgIpc) is 2.76. The molecule has 3 aromatic rings. The molecular weight excluding hydrogens is 382 g/mol. The van der Waals surface area contributed by atoms with E-state index in [2.05, 4.69) is 19.1 Å². The Balaban J connectivity index is 1.43. The maximum atomic E-state index is 13.5. The Hall–Kier alpha value is -3.01. The van der Waals surface area contributed by atoms with Gasteiger partial charge in [-0.15, -0.1) is 0 Å². The van der Waals surface area contributed by atoms with Crippen LogP contribution < -0.4 is 4.74 Å². The monoisotopic (exact) mass is 406 g/mol. The Labute approximate surface area is 175 Å². The predicted octanol–water partition coefficient (Wildman–Crippen LogP) is 7.19. The largest absolute Gasteiger partial charge is 0.423 e. The number of carbonyl (C=O) groups is 1. The van der Waals surface area contributed by atoms with Crippen molar-refractivity contribution in [2.45, 2.75) is 38.5 Å². The van der Waals surface area contributed by atoms with E-state index in [0.717, 1.165) is 25.0 Å². The standard InChI is InChI=1S/C26H24F2O2/c1-2-3-17-4-6-18(7-5-17)19-8-10-20(11-9-19)26(29)30-23-13-12-21-15-24(27)25(28)16-22(21)14-23/h2-3,8-18H,4-7H2,1H3/b3-2+. The van der Waals surface area contributed by atoms with Gasteiger partial charge in [-0.05, 0) is 97.2 Å². The predicted molar refractivity (Wildman–Crippen MR) is 115 cm³/mol. The van der Waals surface area contributed by atoms with E-state index in [4.69, 9.17) is 4.74 Å². The van der Waals surface area contributed by atoms with Crippen molar-refractivity contribution in [3.8, 4) is 5.75 Å². The summed E-state index contributed by atoms with van der Waals surface area (Å²) in [4.78, 5) is 12.5. The second-order valence-corrected chi connectivity index (χ2v) is 7.92. The van der Waals surface area contributed by atoms with Gasteiger partial charge in [0.15, 0.2) is 11.6 Å². The van der Waals surface area contributed by atoms with Gasteiger partial charge in [-0.3, -0.25) is 0 Å². The number of carbonyl (C=O) groups excluding carboxylic acids is 1. The highest BCUT2D eigenvalue weighted by atomic mass is 19.2. The second-order valence-electron chi connectivity index (χ2n) is 7.92. The van der Waals surface area contributed by atoms with Gasteiger partial charge in [0.25, 0.3) is 0 Å². The van der Waals surface area contributed by atoms with Crippen LogP contribution >= 0.6 is 0 Å². The maximum Gasteiger partial charge on any atom is 0.343 e. The van der Waals surface area contributed by atoms with E-state index >= 15 is 0 Å². The van der Waals surface area contributed by atoms with Crippen molar-refractivity contribution < 1.29 is 18.3 Å². The summed E-state index contributed by atoms with van der Waals surface area (Å²) in [6.45, 7) is 2.07. The molecule has 4 heteroatoms. The van der Waals surface area contributed by atoms with Crippen molar-refractivity contribution in [3.05, 3.63) is 89.5 Å². The average molecular weight is 406 g/mol. The van der Waals surface area contributed by atoms with Gasteiger partial charge in [0.05, 0.1) is 5.56 Å². The van der Waals surface area contributed by atoms with Gasteiger partial charge < -0.3 is 4.74 Å². The van der Waals surface area contributed by atoms with Crippen LogP contribution in [0.4, 0.5) is 8.78 Å². The van der Waals surface area contributed by atoms with Crippen LogP contribution in [-0.2, 0) is 0 Å². The fraction of sp³-hybridized carbons (Fsp3) is 0.269. The Morgan fingerprint density at radius 1 is 0.900 bits per heavy atom. The van der Waals surface area contributed by atoms with Gasteiger partial charge in [-0.2, -0.15) is 0 Å². The van der Waals surface area contributed by atoms with E-state index in [-0.39, 0.29) is 0 Å². The van der Waals surface area contributed by atoms with Crippen molar-refractivity contribution in [2.75, 3.05) is 0 Å². The third kappa shape index (κ3) is 4.43. The highest BCUT2D eigenvalue weighted by molar-refractivity contribution is 5.92. The number of benzene rings is 3. The number of hydrogen-bond donors (Lipinski definition) is 0. The third-order valence-electron chi connectivity index (χ3n) is 5.92. The van der Waals surface area contributed by atoms with Crippen molar-refractivity contribution in [2.24, 2.45) is 5.92 Å². The molecule has 0 aromatic heterocycles. The molecule has 0 saturated heterocycles. The summed E-state index contributed by atoms with van der Waals surface area (Å²) in [6.07, 6.45) is 9.15. The number of rotatable bonds is 4. The minimum atomic E-state index is -0.929. The fourth-order valence-electron chi connectivity index (χ4n) is 4.26. The first-order valence-corrected chi connectivity index (χ1v) is 10.4. The number of esters is 1. The molecule has 0 atom stereocenters. The molecule has 3 aromatic carbocycles. The molecule has 2 nitrogen and oxygen atoms in total. The van der Waals surface area contributed by atoms with Gasteiger partial charge in [0.2, 0.25) is 0 Å². The molecule has 4 rings (SSSR count). The molecule has 0 radical (unpaired) electrons.